The summed E-state index contributed by atoms with van der Waals surface area (Å²) in [7, 11) is 0. The number of benzene rings is 6. The lowest BCUT2D eigenvalue weighted by Crippen LogP contribution is -2.42. The molecule has 0 aliphatic carbocycles. The van der Waals surface area contributed by atoms with Crippen LogP contribution in [0.5, 0.6) is 11.5 Å². The van der Waals surface area contributed by atoms with E-state index < -0.39 is 5.41 Å². The zero-order valence-electron chi connectivity index (χ0n) is 25.1. The number of furan rings is 1. The van der Waals surface area contributed by atoms with E-state index in [1.165, 1.54) is 6.26 Å². The summed E-state index contributed by atoms with van der Waals surface area (Å²) in [6, 6.07) is 51.9. The Balaban J connectivity index is 1.40. The number of amides is 1. The first-order chi connectivity index (χ1) is 23.1. The molecule has 0 unspecified atom stereocenters. The lowest BCUT2D eigenvalue weighted by molar-refractivity contribution is 0.0971. The Morgan fingerprint density at radius 2 is 1.02 bits per heavy atom. The van der Waals surface area contributed by atoms with Crippen LogP contribution in [0.3, 0.4) is 0 Å². The van der Waals surface area contributed by atoms with Crippen molar-refractivity contribution < 1.29 is 13.9 Å². The zero-order valence-corrected chi connectivity index (χ0v) is 26.6. The smallest absolute Gasteiger partial charge is 0.299 e. The molecule has 2 aliphatic rings. The maximum Gasteiger partial charge on any atom is 0.299 e. The molecular formula is C42H26BrNO3. The highest BCUT2D eigenvalue weighted by Gasteiger charge is 2.52. The first-order valence-corrected chi connectivity index (χ1v) is 16.3. The lowest BCUT2D eigenvalue weighted by atomic mass is 9.60. The van der Waals surface area contributed by atoms with E-state index in [9.17, 15) is 4.79 Å². The minimum absolute atomic E-state index is 0.246. The summed E-state index contributed by atoms with van der Waals surface area (Å²) in [5.41, 5.74) is 9.16. The molecule has 4 nitrogen and oxygen atoms in total. The number of carbonyl (C=O) groups excluding carboxylic acids is 1. The van der Waals surface area contributed by atoms with E-state index in [1.54, 1.807) is 11.0 Å². The van der Waals surface area contributed by atoms with E-state index in [0.29, 0.717) is 4.47 Å². The lowest BCUT2D eigenvalue weighted by Gasteiger charge is -2.48. The fourth-order valence-electron chi connectivity index (χ4n) is 7.30. The molecular weight excluding hydrogens is 646 g/mol. The molecule has 0 fully saturated rings. The van der Waals surface area contributed by atoms with Crippen molar-refractivity contribution in [3.63, 3.8) is 0 Å². The molecule has 1 aromatic heterocycles. The molecule has 0 saturated heterocycles. The van der Waals surface area contributed by atoms with Gasteiger partial charge in [-0.2, -0.15) is 0 Å². The Hall–Kier alpha value is -5.65. The molecule has 3 heterocycles. The van der Waals surface area contributed by atoms with E-state index in [4.69, 9.17) is 9.15 Å². The van der Waals surface area contributed by atoms with Gasteiger partial charge in [-0.05, 0) is 91.8 Å². The summed E-state index contributed by atoms with van der Waals surface area (Å²) < 4.78 is 13.1. The van der Waals surface area contributed by atoms with Gasteiger partial charge in [0.1, 0.15) is 11.5 Å². The molecule has 5 heteroatoms. The molecule has 7 aromatic rings. The van der Waals surface area contributed by atoms with Gasteiger partial charge in [0.15, 0.2) is 0 Å². The number of carbonyl (C=O) groups is 1. The summed E-state index contributed by atoms with van der Waals surface area (Å²) in [6.07, 6.45) is 1.53. The van der Waals surface area contributed by atoms with Gasteiger partial charge in [0, 0.05) is 11.1 Å². The highest BCUT2D eigenvalue weighted by atomic mass is 79.9. The van der Waals surface area contributed by atoms with Crippen molar-refractivity contribution >= 4 is 33.2 Å². The van der Waals surface area contributed by atoms with Gasteiger partial charge in [-0.3, -0.25) is 9.69 Å². The third kappa shape index (κ3) is 4.10. The van der Waals surface area contributed by atoms with Crippen molar-refractivity contribution in [1.29, 1.82) is 0 Å². The van der Waals surface area contributed by atoms with Crippen LogP contribution in [0, 0.1) is 0 Å². The number of para-hydroxylation sites is 2. The predicted molar refractivity (Wildman–Crippen MR) is 189 cm³/mol. The van der Waals surface area contributed by atoms with Crippen molar-refractivity contribution in [2.45, 2.75) is 5.41 Å². The number of nitrogens with zero attached hydrogens (tertiary/aromatic N) is 1. The van der Waals surface area contributed by atoms with E-state index in [1.807, 2.05) is 36.4 Å². The molecule has 0 saturated carbocycles. The Morgan fingerprint density at radius 1 is 0.532 bits per heavy atom. The van der Waals surface area contributed by atoms with Crippen LogP contribution in [0.15, 0.2) is 167 Å². The van der Waals surface area contributed by atoms with Crippen LogP contribution in [-0.2, 0) is 5.41 Å². The van der Waals surface area contributed by atoms with E-state index in [2.05, 4.69) is 125 Å². The molecule has 1 spiro atoms. The van der Waals surface area contributed by atoms with E-state index in [0.717, 1.165) is 67.4 Å². The Bertz CT molecular complexity index is 2190. The zero-order chi connectivity index (χ0) is 31.5. The Labute approximate surface area is 280 Å². The van der Waals surface area contributed by atoms with Crippen molar-refractivity contribution in [3.8, 4) is 33.8 Å². The van der Waals surface area contributed by atoms with Gasteiger partial charge in [0.25, 0.3) is 5.91 Å². The molecule has 0 radical (unpaired) electrons. The summed E-state index contributed by atoms with van der Waals surface area (Å²) >= 11 is 3.53. The van der Waals surface area contributed by atoms with Crippen LogP contribution in [0.2, 0.25) is 0 Å². The van der Waals surface area contributed by atoms with Crippen LogP contribution < -0.4 is 9.64 Å². The first kappa shape index (κ1) is 27.6. The molecule has 1 amide bonds. The van der Waals surface area contributed by atoms with Crippen molar-refractivity contribution in [2.24, 2.45) is 0 Å². The van der Waals surface area contributed by atoms with Crippen LogP contribution in [-0.4, -0.2) is 5.91 Å². The van der Waals surface area contributed by atoms with Crippen molar-refractivity contribution in [2.75, 3.05) is 4.90 Å². The molecule has 2 aliphatic heterocycles. The Kier molecular flexibility index (Phi) is 6.30. The fourth-order valence-corrected chi connectivity index (χ4v) is 7.67. The topological polar surface area (TPSA) is 42.7 Å². The van der Waals surface area contributed by atoms with E-state index in [-0.39, 0.29) is 11.7 Å². The minimum atomic E-state index is -0.817. The van der Waals surface area contributed by atoms with Crippen molar-refractivity contribution in [1.82, 2.24) is 0 Å². The SMILES string of the molecule is O=C(c1occc1Br)N1c2ccccc2C2(c3cc(-c4ccccc4)ccc3Oc3ccc(-c4ccccc4)cc32)c2ccccc21. The molecule has 224 valence electrons. The second-order valence-corrected chi connectivity index (χ2v) is 12.6. The third-order valence-corrected chi connectivity index (χ3v) is 9.94. The minimum Gasteiger partial charge on any atom is -0.458 e. The van der Waals surface area contributed by atoms with Crippen molar-refractivity contribution in [3.05, 3.63) is 190 Å². The van der Waals surface area contributed by atoms with Gasteiger partial charge in [0.2, 0.25) is 5.76 Å². The van der Waals surface area contributed by atoms with Gasteiger partial charge in [0.05, 0.1) is 27.5 Å². The molecule has 47 heavy (non-hydrogen) atoms. The second-order valence-electron chi connectivity index (χ2n) is 11.8. The van der Waals surface area contributed by atoms with Gasteiger partial charge < -0.3 is 9.15 Å². The predicted octanol–water partition coefficient (Wildman–Crippen LogP) is 11.2. The maximum absolute atomic E-state index is 14.4. The summed E-state index contributed by atoms with van der Waals surface area (Å²) in [5, 5.41) is 0. The second kappa shape index (κ2) is 10.7. The molecule has 0 atom stereocenters. The monoisotopic (exact) mass is 671 g/mol. The van der Waals surface area contributed by atoms with Gasteiger partial charge >= 0.3 is 0 Å². The van der Waals surface area contributed by atoms with Gasteiger partial charge in [-0.15, -0.1) is 0 Å². The molecule has 0 N–H and O–H groups in total. The molecule has 0 bridgehead atoms. The number of fused-ring (bicyclic) bond motifs is 8. The highest BCUT2D eigenvalue weighted by molar-refractivity contribution is 9.10. The largest absolute Gasteiger partial charge is 0.458 e. The highest BCUT2D eigenvalue weighted by Crippen LogP contribution is 2.62. The number of hydrogen-bond donors (Lipinski definition) is 0. The van der Waals surface area contributed by atoms with Crippen LogP contribution in [0.25, 0.3) is 22.3 Å². The van der Waals surface area contributed by atoms with Crippen LogP contribution in [0.1, 0.15) is 32.8 Å². The number of hydrogen-bond acceptors (Lipinski definition) is 3. The summed E-state index contributed by atoms with van der Waals surface area (Å²) in [6.45, 7) is 0. The molecule has 9 rings (SSSR count). The number of rotatable bonds is 3. The summed E-state index contributed by atoms with van der Waals surface area (Å²) in [4.78, 5) is 16.2. The molecule has 6 aromatic carbocycles. The Morgan fingerprint density at radius 3 is 1.51 bits per heavy atom. The number of halogens is 1. The van der Waals surface area contributed by atoms with Gasteiger partial charge in [-0.1, -0.05) is 109 Å². The summed E-state index contributed by atoms with van der Waals surface area (Å²) in [5.74, 6) is 1.56. The maximum atomic E-state index is 14.4. The average molecular weight is 673 g/mol. The third-order valence-electron chi connectivity index (χ3n) is 9.31. The van der Waals surface area contributed by atoms with E-state index >= 15 is 0 Å². The first-order valence-electron chi connectivity index (χ1n) is 15.5. The normalized spacial score (nSPS) is 13.6. The fraction of sp³-hybridized carbons (Fsp3) is 0.0238. The number of anilines is 2. The quantitative estimate of drug-likeness (QED) is 0.188. The number of ether oxygens (including phenoxy) is 1. The van der Waals surface area contributed by atoms with Gasteiger partial charge in [-0.25, -0.2) is 0 Å². The van der Waals surface area contributed by atoms with Crippen LogP contribution >= 0.6 is 15.9 Å². The average Bonchev–Trinajstić information content (AvgIpc) is 3.57. The standard InChI is InChI=1S/C42H26BrNO3/c43-35-23-24-46-40(35)41(45)44-36-17-9-7-15-31(36)42(32-16-8-10-18-37(32)44)33-25-29(27-11-3-1-4-12-27)19-21-38(33)47-39-22-20-30(26-34(39)42)28-13-5-2-6-14-28/h1-26H. The van der Waals surface area contributed by atoms with Crippen LogP contribution in [0.4, 0.5) is 11.4 Å².